The van der Waals surface area contributed by atoms with E-state index in [1.54, 1.807) is 25.3 Å². The van der Waals surface area contributed by atoms with Gasteiger partial charge in [-0.2, -0.15) is 0 Å². The van der Waals surface area contributed by atoms with Crippen LogP contribution in [0.25, 0.3) is 6.08 Å². The van der Waals surface area contributed by atoms with Gasteiger partial charge >= 0.3 is 0 Å². The second kappa shape index (κ2) is 8.53. The van der Waals surface area contributed by atoms with Crippen LogP contribution >= 0.6 is 11.6 Å². The first kappa shape index (κ1) is 17.3. The molecule has 0 fully saturated rings. The van der Waals surface area contributed by atoms with E-state index in [1.807, 2.05) is 26.0 Å². The molecule has 0 aromatic heterocycles. The van der Waals surface area contributed by atoms with Crippen LogP contribution in [-0.2, 0) is 0 Å². The van der Waals surface area contributed by atoms with Crippen molar-refractivity contribution in [3.63, 3.8) is 0 Å². The molecule has 1 aromatic rings. The van der Waals surface area contributed by atoms with Crippen molar-refractivity contribution in [3.8, 4) is 0 Å². The molecule has 1 aromatic carbocycles. The molecule has 0 heterocycles. The fourth-order valence-corrected chi connectivity index (χ4v) is 2.05. The number of hydrogen-bond acceptors (Lipinski definition) is 2. The minimum Gasteiger partial charge on any atom is -0.273 e. The minimum absolute atomic E-state index is 0.200. The van der Waals surface area contributed by atoms with E-state index in [9.17, 15) is 4.39 Å². The third kappa shape index (κ3) is 5.27. The van der Waals surface area contributed by atoms with E-state index in [4.69, 9.17) is 11.6 Å². The summed E-state index contributed by atoms with van der Waals surface area (Å²) in [7, 11) is 0. The lowest BCUT2D eigenvalue weighted by molar-refractivity contribution is 0.618. The quantitative estimate of drug-likeness (QED) is 0.305. The number of nitrogens with zero attached hydrogens (tertiary/aromatic N) is 2. The monoisotopic (exact) mass is 306 g/mol. The van der Waals surface area contributed by atoms with Crippen molar-refractivity contribution >= 4 is 30.1 Å². The number of allylic oxidation sites excluding steroid dienone is 2. The average molecular weight is 307 g/mol. The Hall–Kier alpha value is -1.74. The molecule has 0 saturated carbocycles. The molecule has 2 nitrogen and oxygen atoms in total. The topological polar surface area (TPSA) is 24.7 Å². The summed E-state index contributed by atoms with van der Waals surface area (Å²) in [5.74, 6) is 0.0126. The Bertz CT molecular complexity index is 586. The Kier molecular flexibility index (Phi) is 7.03. The van der Waals surface area contributed by atoms with Gasteiger partial charge < -0.3 is 0 Å². The molecule has 0 radical (unpaired) electrons. The molecule has 0 saturated heterocycles. The van der Waals surface area contributed by atoms with Gasteiger partial charge in [-0.3, -0.25) is 9.98 Å². The van der Waals surface area contributed by atoms with Crippen molar-refractivity contribution < 1.29 is 4.39 Å². The fourth-order valence-electron chi connectivity index (χ4n) is 1.92. The van der Waals surface area contributed by atoms with E-state index >= 15 is 0 Å². The van der Waals surface area contributed by atoms with Crippen LogP contribution in [0.5, 0.6) is 0 Å². The highest BCUT2D eigenvalue weighted by atomic mass is 35.5. The first-order valence-electron chi connectivity index (χ1n) is 6.70. The van der Waals surface area contributed by atoms with Gasteiger partial charge in [-0.1, -0.05) is 32.1 Å². The zero-order valence-corrected chi connectivity index (χ0v) is 13.4. The molecule has 0 aliphatic heterocycles. The normalized spacial score (nSPS) is 13.2. The number of hydrogen-bond donors (Lipinski definition) is 0. The summed E-state index contributed by atoms with van der Waals surface area (Å²) in [6.45, 7) is 9.30. The number of alkyl halides is 1. The fraction of sp³-hybridized carbons (Fsp3) is 0.294. The van der Waals surface area contributed by atoms with Crippen LogP contribution in [0, 0.1) is 18.7 Å². The van der Waals surface area contributed by atoms with Gasteiger partial charge in [-0.15, -0.1) is 11.6 Å². The van der Waals surface area contributed by atoms with Gasteiger partial charge in [-0.25, -0.2) is 4.39 Å². The lowest BCUT2D eigenvalue weighted by Gasteiger charge is -2.10. The Balaban J connectivity index is 3.10. The summed E-state index contributed by atoms with van der Waals surface area (Å²) in [5.41, 5.74) is 3.25. The SMILES string of the molecule is C=N/C=C(/C=C/c1ccc(F)c(C)c1)C(=N/CCl)\C(C)C. The molecule has 0 amide bonds. The van der Waals surface area contributed by atoms with Crippen molar-refractivity contribution in [2.75, 3.05) is 6.00 Å². The van der Waals surface area contributed by atoms with Crippen LogP contribution in [0.1, 0.15) is 25.0 Å². The van der Waals surface area contributed by atoms with Gasteiger partial charge in [0.1, 0.15) is 11.8 Å². The highest BCUT2D eigenvalue weighted by molar-refractivity contribution is 6.19. The van der Waals surface area contributed by atoms with Crippen LogP contribution in [0.4, 0.5) is 4.39 Å². The number of benzene rings is 1. The molecule has 0 aliphatic carbocycles. The minimum atomic E-state index is -0.206. The second-order valence-corrected chi connectivity index (χ2v) is 5.17. The molecular formula is C17H20ClFN2. The van der Waals surface area contributed by atoms with E-state index in [0.29, 0.717) is 5.56 Å². The molecule has 0 bridgehead atoms. The first-order valence-corrected chi connectivity index (χ1v) is 7.24. The van der Waals surface area contributed by atoms with Gasteiger partial charge in [0.05, 0.1) is 0 Å². The zero-order chi connectivity index (χ0) is 15.8. The number of aliphatic imine (C=N–C) groups is 2. The van der Waals surface area contributed by atoms with E-state index < -0.39 is 0 Å². The first-order chi connectivity index (χ1) is 9.99. The maximum Gasteiger partial charge on any atom is 0.126 e. The molecule has 0 unspecified atom stereocenters. The Labute approximate surface area is 130 Å². The average Bonchev–Trinajstić information content (AvgIpc) is 2.44. The summed E-state index contributed by atoms with van der Waals surface area (Å²) in [6, 6.07) is 5.18. The van der Waals surface area contributed by atoms with E-state index in [-0.39, 0.29) is 17.7 Å². The molecule has 0 atom stereocenters. The predicted molar refractivity (Wildman–Crippen MR) is 90.8 cm³/mol. The number of rotatable bonds is 6. The summed E-state index contributed by atoms with van der Waals surface area (Å²) >= 11 is 5.71. The van der Waals surface area contributed by atoms with Crippen LogP contribution in [0.3, 0.4) is 0 Å². The maximum atomic E-state index is 13.3. The molecule has 0 spiro atoms. The van der Waals surface area contributed by atoms with Crippen LogP contribution in [0.15, 0.2) is 46.0 Å². The Morgan fingerprint density at radius 3 is 2.67 bits per heavy atom. The van der Waals surface area contributed by atoms with Gasteiger partial charge in [0.25, 0.3) is 0 Å². The van der Waals surface area contributed by atoms with Crippen molar-refractivity contribution in [1.82, 2.24) is 0 Å². The third-order valence-corrected chi connectivity index (χ3v) is 3.06. The van der Waals surface area contributed by atoms with Gasteiger partial charge in [0.2, 0.25) is 0 Å². The van der Waals surface area contributed by atoms with E-state index in [0.717, 1.165) is 16.8 Å². The van der Waals surface area contributed by atoms with Gasteiger partial charge in [-0.05, 0) is 42.8 Å². The maximum absolute atomic E-state index is 13.3. The zero-order valence-electron chi connectivity index (χ0n) is 12.6. The lowest BCUT2D eigenvalue weighted by atomic mass is 9.99. The van der Waals surface area contributed by atoms with Crippen molar-refractivity contribution in [2.45, 2.75) is 20.8 Å². The molecule has 4 heteroatoms. The second-order valence-electron chi connectivity index (χ2n) is 4.93. The highest BCUT2D eigenvalue weighted by Crippen LogP contribution is 2.15. The number of halogens is 2. The number of aryl methyl sites for hydroxylation is 1. The van der Waals surface area contributed by atoms with Crippen molar-refractivity contribution in [2.24, 2.45) is 15.9 Å². The predicted octanol–water partition coefficient (Wildman–Crippen LogP) is 5.03. The van der Waals surface area contributed by atoms with Gasteiger partial charge in [0.15, 0.2) is 0 Å². The molecule has 21 heavy (non-hydrogen) atoms. The standard InChI is InChI=1S/C17H20ClFN2/c1-12(2)17(21-11-18)15(10-20-4)7-5-14-6-8-16(19)13(3)9-14/h5-10,12H,4,11H2,1-3H3/b7-5+,15-10-,21-17-. The Morgan fingerprint density at radius 2 is 2.14 bits per heavy atom. The summed E-state index contributed by atoms with van der Waals surface area (Å²) in [5, 5.41) is 0. The molecule has 0 N–H and O–H groups in total. The van der Waals surface area contributed by atoms with E-state index in [2.05, 4.69) is 16.7 Å². The molecule has 112 valence electrons. The van der Waals surface area contributed by atoms with Gasteiger partial charge in [0, 0.05) is 17.5 Å². The lowest BCUT2D eigenvalue weighted by Crippen LogP contribution is -2.10. The van der Waals surface area contributed by atoms with Crippen LogP contribution in [-0.4, -0.2) is 18.4 Å². The largest absolute Gasteiger partial charge is 0.273 e. The van der Waals surface area contributed by atoms with Crippen LogP contribution in [0.2, 0.25) is 0 Å². The van der Waals surface area contributed by atoms with E-state index in [1.165, 1.54) is 6.07 Å². The van der Waals surface area contributed by atoms with Crippen molar-refractivity contribution in [1.29, 1.82) is 0 Å². The smallest absolute Gasteiger partial charge is 0.126 e. The summed E-state index contributed by atoms with van der Waals surface area (Å²) in [4.78, 5) is 8.12. The Morgan fingerprint density at radius 1 is 1.43 bits per heavy atom. The molecule has 1 rings (SSSR count). The summed E-state index contributed by atoms with van der Waals surface area (Å²) in [6.07, 6.45) is 5.45. The molecular weight excluding hydrogens is 287 g/mol. The van der Waals surface area contributed by atoms with Crippen molar-refractivity contribution in [3.05, 3.63) is 53.0 Å². The highest BCUT2D eigenvalue weighted by Gasteiger charge is 2.09. The van der Waals surface area contributed by atoms with Crippen LogP contribution < -0.4 is 0 Å². The third-order valence-electron chi connectivity index (χ3n) is 2.94. The summed E-state index contributed by atoms with van der Waals surface area (Å²) < 4.78 is 13.3. The molecule has 0 aliphatic rings.